The van der Waals surface area contributed by atoms with Crippen molar-refractivity contribution in [2.75, 3.05) is 31.1 Å². The topological polar surface area (TPSA) is 95.5 Å². The molecule has 0 saturated carbocycles. The highest BCUT2D eigenvalue weighted by atomic mass is 19.4. The zero-order valence-electron chi connectivity index (χ0n) is 20.1. The maximum atomic E-state index is 13.4. The fraction of sp³-hybridized carbons (Fsp3) is 0.565. The molecule has 1 atom stereocenters. The molecule has 1 aromatic heterocycles. The van der Waals surface area contributed by atoms with Crippen LogP contribution in [0.15, 0.2) is 22.7 Å². The highest BCUT2D eigenvalue weighted by Crippen LogP contribution is 2.35. The van der Waals surface area contributed by atoms with E-state index in [-0.39, 0.29) is 36.7 Å². The first-order valence-electron chi connectivity index (χ1n) is 11.4. The summed E-state index contributed by atoms with van der Waals surface area (Å²) < 4.78 is 90.4. The number of anilines is 1. The summed E-state index contributed by atoms with van der Waals surface area (Å²) in [4.78, 5) is 18.6. The highest BCUT2D eigenvalue weighted by Gasteiger charge is 2.37. The number of nitriles is 1. The second-order valence-corrected chi connectivity index (χ2v) is 9.12. The van der Waals surface area contributed by atoms with Crippen molar-refractivity contribution in [3.63, 3.8) is 0 Å². The van der Waals surface area contributed by atoms with Gasteiger partial charge in [-0.15, -0.1) is 0 Å². The number of carbonyl (C=O) groups is 1. The molecule has 202 valence electrons. The standard InChI is InChI=1S/C23H25F6N5O3/c1-14(2)12-36-21(35)33-7-3-4-16(10-33)20-31-19(32-37-20)11-34(13-22(24,25)26)17-6-5-15(9-30)18(8-17)23(27,28)29/h5-6,8,14,16H,3-4,7,10-13H2,1-2H3. The lowest BCUT2D eigenvalue weighted by atomic mass is 9.98. The Balaban J connectivity index is 1.79. The summed E-state index contributed by atoms with van der Waals surface area (Å²) >= 11 is 0. The number of nitrogens with zero attached hydrogens (tertiary/aromatic N) is 5. The van der Waals surface area contributed by atoms with Gasteiger partial charge in [0.25, 0.3) is 0 Å². The summed E-state index contributed by atoms with van der Waals surface area (Å²) in [5.41, 5.74) is -2.47. The van der Waals surface area contributed by atoms with Crippen LogP contribution in [0.5, 0.6) is 0 Å². The van der Waals surface area contributed by atoms with Gasteiger partial charge >= 0.3 is 18.4 Å². The lowest BCUT2D eigenvalue weighted by Crippen LogP contribution is -2.40. The molecule has 1 fully saturated rings. The molecule has 3 rings (SSSR count). The Hall–Kier alpha value is -3.50. The van der Waals surface area contributed by atoms with E-state index in [1.807, 2.05) is 13.8 Å². The molecule has 1 saturated heterocycles. The molecule has 37 heavy (non-hydrogen) atoms. The third-order valence-electron chi connectivity index (χ3n) is 5.55. The van der Waals surface area contributed by atoms with E-state index in [1.54, 1.807) is 0 Å². The third-order valence-corrected chi connectivity index (χ3v) is 5.55. The Morgan fingerprint density at radius 1 is 1.30 bits per heavy atom. The Kier molecular flexibility index (Phi) is 8.55. The van der Waals surface area contributed by atoms with Crippen LogP contribution in [-0.4, -0.2) is 53.6 Å². The number of amides is 1. The van der Waals surface area contributed by atoms with Crippen molar-refractivity contribution in [3.8, 4) is 6.07 Å². The zero-order valence-corrected chi connectivity index (χ0v) is 20.1. The number of piperidine rings is 1. The first kappa shape index (κ1) is 28.1. The summed E-state index contributed by atoms with van der Waals surface area (Å²) in [5, 5.41) is 12.7. The normalized spacial score (nSPS) is 16.5. The Bertz CT molecular complexity index is 1130. The molecule has 1 unspecified atom stereocenters. The number of benzene rings is 1. The molecule has 0 radical (unpaired) electrons. The number of ether oxygens (including phenoxy) is 1. The number of likely N-dealkylation sites (tertiary alicyclic amines) is 1. The number of halogens is 6. The van der Waals surface area contributed by atoms with Crippen molar-refractivity contribution in [3.05, 3.63) is 41.0 Å². The number of rotatable bonds is 7. The van der Waals surface area contributed by atoms with Crippen LogP contribution >= 0.6 is 0 Å². The van der Waals surface area contributed by atoms with Gasteiger partial charge in [-0.1, -0.05) is 19.0 Å². The molecule has 1 aliphatic rings. The van der Waals surface area contributed by atoms with E-state index in [2.05, 4.69) is 10.1 Å². The van der Waals surface area contributed by atoms with Crippen LogP contribution in [0.3, 0.4) is 0 Å². The van der Waals surface area contributed by atoms with Crippen LogP contribution in [0.25, 0.3) is 0 Å². The number of alkyl halides is 6. The monoisotopic (exact) mass is 533 g/mol. The molecular formula is C23H25F6N5O3. The van der Waals surface area contributed by atoms with E-state index in [9.17, 15) is 31.1 Å². The predicted molar refractivity (Wildman–Crippen MR) is 117 cm³/mol. The van der Waals surface area contributed by atoms with Crippen molar-refractivity contribution in [1.82, 2.24) is 15.0 Å². The van der Waals surface area contributed by atoms with E-state index >= 15 is 0 Å². The zero-order chi connectivity index (χ0) is 27.4. The molecule has 0 bridgehead atoms. The Morgan fingerprint density at radius 2 is 2.03 bits per heavy atom. The number of aromatic nitrogens is 2. The molecule has 14 heteroatoms. The lowest BCUT2D eigenvalue weighted by molar-refractivity contribution is -0.137. The SMILES string of the molecule is CC(C)COC(=O)N1CCCC(c2nc(CN(CC(F)(F)F)c3ccc(C#N)c(C(F)(F)F)c3)no2)C1. The van der Waals surface area contributed by atoms with Crippen LogP contribution in [0, 0.1) is 17.2 Å². The van der Waals surface area contributed by atoms with Crippen molar-refractivity contribution in [2.24, 2.45) is 5.92 Å². The summed E-state index contributed by atoms with van der Waals surface area (Å²) in [5.74, 6) is -0.272. The van der Waals surface area contributed by atoms with E-state index in [0.717, 1.165) is 12.1 Å². The van der Waals surface area contributed by atoms with Crippen LogP contribution < -0.4 is 4.90 Å². The molecule has 0 aliphatic carbocycles. The minimum atomic E-state index is -4.94. The minimum Gasteiger partial charge on any atom is -0.449 e. The van der Waals surface area contributed by atoms with Gasteiger partial charge in [0.2, 0.25) is 5.89 Å². The van der Waals surface area contributed by atoms with Gasteiger partial charge in [-0.25, -0.2) is 4.79 Å². The smallest absolute Gasteiger partial charge is 0.417 e. The van der Waals surface area contributed by atoms with Gasteiger partial charge in [0.05, 0.1) is 36.3 Å². The fourth-order valence-electron chi connectivity index (χ4n) is 3.86. The lowest BCUT2D eigenvalue weighted by Gasteiger charge is -2.30. The first-order chi connectivity index (χ1) is 17.3. The molecule has 0 spiro atoms. The second kappa shape index (κ2) is 11.3. The fourth-order valence-corrected chi connectivity index (χ4v) is 3.86. The number of hydrogen-bond acceptors (Lipinski definition) is 7. The van der Waals surface area contributed by atoms with Crippen LogP contribution in [-0.2, 0) is 17.5 Å². The maximum absolute atomic E-state index is 13.4. The highest BCUT2D eigenvalue weighted by molar-refractivity contribution is 5.67. The van der Waals surface area contributed by atoms with Gasteiger partial charge in [0.1, 0.15) is 6.54 Å². The van der Waals surface area contributed by atoms with Crippen molar-refractivity contribution >= 4 is 11.8 Å². The molecule has 8 nitrogen and oxygen atoms in total. The maximum Gasteiger partial charge on any atom is 0.417 e. The molecular weight excluding hydrogens is 508 g/mol. The van der Waals surface area contributed by atoms with Gasteiger partial charge in [-0.3, -0.25) is 0 Å². The van der Waals surface area contributed by atoms with E-state index in [1.165, 1.54) is 11.0 Å². The average molecular weight is 533 g/mol. The van der Waals surface area contributed by atoms with E-state index in [4.69, 9.17) is 14.5 Å². The molecule has 2 aromatic rings. The molecule has 1 aliphatic heterocycles. The van der Waals surface area contributed by atoms with Crippen LogP contribution in [0.2, 0.25) is 0 Å². The molecule has 1 amide bonds. The van der Waals surface area contributed by atoms with Gasteiger partial charge in [0, 0.05) is 18.8 Å². The summed E-state index contributed by atoms with van der Waals surface area (Å²) in [6, 6.07) is 3.71. The number of carbonyl (C=O) groups excluding carboxylic acids is 1. The second-order valence-electron chi connectivity index (χ2n) is 9.12. The largest absolute Gasteiger partial charge is 0.449 e. The van der Waals surface area contributed by atoms with Crippen LogP contribution in [0.1, 0.15) is 55.4 Å². The third kappa shape index (κ3) is 7.74. The van der Waals surface area contributed by atoms with Gasteiger partial charge < -0.3 is 19.1 Å². The van der Waals surface area contributed by atoms with Gasteiger partial charge in [0.15, 0.2) is 5.82 Å². The predicted octanol–water partition coefficient (Wildman–Crippen LogP) is 5.50. The summed E-state index contributed by atoms with van der Waals surface area (Å²) in [6.45, 7) is 2.55. The molecule has 2 heterocycles. The summed E-state index contributed by atoms with van der Waals surface area (Å²) in [7, 11) is 0. The van der Waals surface area contributed by atoms with Crippen LogP contribution in [0.4, 0.5) is 36.8 Å². The summed E-state index contributed by atoms with van der Waals surface area (Å²) in [6.07, 6.45) is -8.97. The van der Waals surface area contributed by atoms with E-state index in [0.29, 0.717) is 30.4 Å². The molecule has 1 aromatic carbocycles. The van der Waals surface area contributed by atoms with Gasteiger partial charge in [-0.2, -0.15) is 36.6 Å². The first-order valence-corrected chi connectivity index (χ1v) is 11.4. The van der Waals surface area contributed by atoms with Crippen molar-refractivity contribution in [1.29, 1.82) is 5.26 Å². The van der Waals surface area contributed by atoms with Crippen molar-refractivity contribution < 1.29 is 40.4 Å². The Morgan fingerprint density at radius 3 is 2.65 bits per heavy atom. The van der Waals surface area contributed by atoms with Gasteiger partial charge in [-0.05, 0) is 37.0 Å². The number of hydrogen-bond donors (Lipinski definition) is 0. The minimum absolute atomic E-state index is 0.110. The average Bonchev–Trinajstić information content (AvgIpc) is 3.29. The quantitative estimate of drug-likeness (QED) is 0.434. The van der Waals surface area contributed by atoms with E-state index < -0.39 is 48.3 Å². The Labute approximate surface area is 208 Å². The van der Waals surface area contributed by atoms with Crippen molar-refractivity contribution in [2.45, 2.75) is 51.5 Å². The molecule has 0 N–H and O–H groups in total.